The van der Waals surface area contributed by atoms with Crippen molar-refractivity contribution >= 4 is 39.1 Å². The van der Waals surface area contributed by atoms with Crippen molar-refractivity contribution in [3.05, 3.63) is 76.8 Å². The fourth-order valence-corrected chi connectivity index (χ4v) is 6.44. The van der Waals surface area contributed by atoms with Gasteiger partial charge in [0.2, 0.25) is 11.8 Å². The molecule has 1 N–H and O–H groups in total. The Balaban J connectivity index is 2.18. The average molecular weight is 660 g/mol. The van der Waals surface area contributed by atoms with Crippen LogP contribution in [0.1, 0.15) is 44.7 Å². The van der Waals surface area contributed by atoms with Crippen LogP contribution in [0.4, 0.5) is 5.69 Å². The quantitative estimate of drug-likeness (QED) is 0.226. The van der Waals surface area contributed by atoms with Gasteiger partial charge in [0.15, 0.2) is 11.5 Å². The average Bonchev–Trinajstić information content (AvgIpc) is 3.02. The van der Waals surface area contributed by atoms with Crippen LogP contribution < -0.4 is 23.8 Å². The predicted octanol–water partition coefficient (Wildman–Crippen LogP) is 5.59. The molecule has 0 aliphatic heterocycles. The Morgan fingerprint density at radius 3 is 2.16 bits per heavy atom. The molecule has 3 aromatic carbocycles. The number of benzene rings is 3. The second-order valence-corrected chi connectivity index (χ2v) is 12.9. The van der Waals surface area contributed by atoms with E-state index in [1.54, 1.807) is 6.07 Å². The topological polar surface area (TPSA) is 114 Å². The number of nitrogens with one attached hydrogen (secondary N) is 1. The molecule has 0 fully saturated rings. The van der Waals surface area contributed by atoms with E-state index in [4.69, 9.17) is 25.8 Å². The lowest BCUT2D eigenvalue weighted by atomic mass is 10.1. The van der Waals surface area contributed by atoms with Gasteiger partial charge in [-0.2, -0.15) is 0 Å². The molecule has 2 unspecified atom stereocenters. The van der Waals surface area contributed by atoms with E-state index in [9.17, 15) is 18.0 Å². The van der Waals surface area contributed by atoms with Gasteiger partial charge in [0, 0.05) is 23.7 Å². The Bertz CT molecular complexity index is 1600. The number of anilines is 1. The molecular formula is C33H42ClN3O7S. The van der Waals surface area contributed by atoms with Gasteiger partial charge in [0.25, 0.3) is 10.0 Å². The normalized spacial score (nSPS) is 12.5. The maximum absolute atomic E-state index is 14.4. The molecule has 0 bridgehead atoms. The van der Waals surface area contributed by atoms with Gasteiger partial charge in [0.1, 0.15) is 18.3 Å². The van der Waals surface area contributed by atoms with Crippen molar-refractivity contribution in [3.8, 4) is 17.2 Å². The number of ether oxygens (including phenoxy) is 3. The van der Waals surface area contributed by atoms with Crippen molar-refractivity contribution in [2.24, 2.45) is 0 Å². The second-order valence-electron chi connectivity index (χ2n) is 10.6. The van der Waals surface area contributed by atoms with Gasteiger partial charge >= 0.3 is 0 Å². The van der Waals surface area contributed by atoms with E-state index in [2.05, 4.69) is 5.32 Å². The monoisotopic (exact) mass is 659 g/mol. The number of carbonyl (C=O) groups excluding carboxylic acids is 2. The van der Waals surface area contributed by atoms with E-state index in [1.165, 1.54) is 56.6 Å². The number of methoxy groups -OCH3 is 3. The van der Waals surface area contributed by atoms with Gasteiger partial charge < -0.3 is 24.4 Å². The first-order valence-corrected chi connectivity index (χ1v) is 16.5. The van der Waals surface area contributed by atoms with Crippen LogP contribution >= 0.6 is 11.6 Å². The van der Waals surface area contributed by atoms with Crippen molar-refractivity contribution in [1.29, 1.82) is 0 Å². The van der Waals surface area contributed by atoms with Crippen LogP contribution in [0, 0.1) is 6.92 Å². The maximum Gasteiger partial charge on any atom is 0.265 e. The highest BCUT2D eigenvalue weighted by molar-refractivity contribution is 7.92. The summed E-state index contributed by atoms with van der Waals surface area (Å²) in [6, 6.07) is 15.3. The number of hydrogen-bond acceptors (Lipinski definition) is 7. The van der Waals surface area contributed by atoms with Crippen LogP contribution in [0.15, 0.2) is 65.6 Å². The largest absolute Gasteiger partial charge is 0.495 e. The molecule has 3 rings (SSSR count). The second kappa shape index (κ2) is 15.9. The maximum atomic E-state index is 14.4. The summed E-state index contributed by atoms with van der Waals surface area (Å²) in [5.74, 6) is -0.196. The third kappa shape index (κ3) is 8.61. The van der Waals surface area contributed by atoms with Gasteiger partial charge in [-0.1, -0.05) is 55.3 Å². The van der Waals surface area contributed by atoms with Crippen LogP contribution in [-0.4, -0.2) is 65.1 Å². The summed E-state index contributed by atoms with van der Waals surface area (Å²) in [4.78, 5) is 29.2. The number of amides is 2. The molecule has 0 saturated carbocycles. The van der Waals surface area contributed by atoms with Crippen LogP contribution in [0.3, 0.4) is 0 Å². The molecule has 0 heterocycles. The molecule has 0 aliphatic rings. The Labute approximate surface area is 271 Å². The minimum Gasteiger partial charge on any atom is -0.495 e. The minimum atomic E-state index is -4.43. The summed E-state index contributed by atoms with van der Waals surface area (Å²) in [6.07, 6.45) is 1.02. The molecule has 3 aromatic rings. The summed E-state index contributed by atoms with van der Waals surface area (Å²) in [6.45, 7) is 7.04. The van der Waals surface area contributed by atoms with Crippen LogP contribution in [-0.2, 0) is 26.2 Å². The van der Waals surface area contributed by atoms with Crippen molar-refractivity contribution in [2.45, 2.75) is 64.1 Å². The first kappa shape index (κ1) is 35.5. The summed E-state index contributed by atoms with van der Waals surface area (Å²) >= 11 is 6.34. The molecule has 45 heavy (non-hydrogen) atoms. The first-order valence-electron chi connectivity index (χ1n) is 14.6. The van der Waals surface area contributed by atoms with E-state index < -0.39 is 28.5 Å². The molecule has 2 atom stereocenters. The number of carbonyl (C=O) groups is 2. The molecule has 10 nitrogen and oxygen atoms in total. The van der Waals surface area contributed by atoms with Crippen molar-refractivity contribution in [3.63, 3.8) is 0 Å². The summed E-state index contributed by atoms with van der Waals surface area (Å²) < 4.78 is 45.9. The zero-order valence-electron chi connectivity index (χ0n) is 26.8. The number of nitrogens with zero attached hydrogens (tertiary/aromatic N) is 2. The van der Waals surface area contributed by atoms with Gasteiger partial charge in [-0.15, -0.1) is 0 Å². The SMILES string of the molecule is CCC(C)NC(=O)C(CC)N(Cc1cccc(C)c1)C(=O)CN(c1cc(Cl)ccc1OC)S(=O)(=O)c1ccc(OC)c(OC)c1. The lowest BCUT2D eigenvalue weighted by molar-refractivity contribution is -0.140. The fraction of sp³-hybridized carbons (Fsp3) is 0.394. The zero-order valence-corrected chi connectivity index (χ0v) is 28.4. The third-order valence-corrected chi connectivity index (χ3v) is 9.44. The molecule has 0 aromatic heterocycles. The molecule has 2 amide bonds. The molecule has 0 aliphatic carbocycles. The third-order valence-electron chi connectivity index (χ3n) is 7.45. The van der Waals surface area contributed by atoms with E-state index in [0.29, 0.717) is 18.6 Å². The minimum absolute atomic E-state index is 0.0562. The molecule has 0 spiro atoms. The highest BCUT2D eigenvalue weighted by Gasteiger charge is 2.35. The van der Waals surface area contributed by atoms with Crippen LogP contribution in [0.25, 0.3) is 0 Å². The Morgan fingerprint density at radius 2 is 1.56 bits per heavy atom. The standard InChI is InChI=1S/C33H42ClN3O7S/c1-8-23(4)35-33(39)27(9-2)36(20-24-12-10-11-22(3)17-24)32(38)21-37(28-18-25(34)13-15-29(28)42-5)45(40,41)26-14-16-30(43-6)31(19-26)44-7/h10-19,23,27H,8-9,20-21H2,1-7H3,(H,35,39). The molecule has 244 valence electrons. The molecule has 12 heteroatoms. The summed E-state index contributed by atoms with van der Waals surface area (Å²) in [7, 11) is -0.199. The van der Waals surface area contributed by atoms with Crippen molar-refractivity contribution in [2.75, 3.05) is 32.2 Å². The number of sulfonamides is 1. The first-order chi connectivity index (χ1) is 21.4. The van der Waals surface area contributed by atoms with Gasteiger partial charge in [0.05, 0.1) is 31.9 Å². The predicted molar refractivity (Wildman–Crippen MR) is 176 cm³/mol. The Hall–Kier alpha value is -3.96. The van der Waals surface area contributed by atoms with E-state index >= 15 is 0 Å². The summed E-state index contributed by atoms with van der Waals surface area (Å²) in [5.41, 5.74) is 1.84. The highest BCUT2D eigenvalue weighted by atomic mass is 35.5. The number of halogens is 1. The van der Waals surface area contributed by atoms with E-state index in [1.807, 2.05) is 52.0 Å². The zero-order chi connectivity index (χ0) is 33.3. The lowest BCUT2D eigenvalue weighted by Gasteiger charge is -2.34. The lowest BCUT2D eigenvalue weighted by Crippen LogP contribution is -2.53. The fourth-order valence-electron chi connectivity index (χ4n) is 4.84. The van der Waals surface area contributed by atoms with Crippen molar-refractivity contribution < 1.29 is 32.2 Å². The Morgan fingerprint density at radius 1 is 0.889 bits per heavy atom. The highest BCUT2D eigenvalue weighted by Crippen LogP contribution is 2.37. The number of aryl methyl sites for hydroxylation is 1. The molecular weight excluding hydrogens is 618 g/mol. The Kier molecular flexibility index (Phi) is 12.5. The van der Waals surface area contributed by atoms with Gasteiger partial charge in [-0.25, -0.2) is 8.42 Å². The van der Waals surface area contributed by atoms with Crippen LogP contribution in [0.5, 0.6) is 17.2 Å². The number of hydrogen-bond donors (Lipinski definition) is 1. The van der Waals surface area contributed by atoms with E-state index in [-0.39, 0.29) is 45.6 Å². The molecule has 0 saturated heterocycles. The van der Waals surface area contributed by atoms with E-state index in [0.717, 1.165) is 15.4 Å². The van der Waals surface area contributed by atoms with Gasteiger partial charge in [-0.3, -0.25) is 13.9 Å². The number of rotatable bonds is 15. The van der Waals surface area contributed by atoms with Crippen LogP contribution in [0.2, 0.25) is 5.02 Å². The van der Waals surface area contributed by atoms with Gasteiger partial charge in [-0.05, 0) is 62.6 Å². The summed E-state index contributed by atoms with van der Waals surface area (Å²) in [5, 5.41) is 3.21. The van der Waals surface area contributed by atoms with Crippen molar-refractivity contribution in [1.82, 2.24) is 10.2 Å². The molecule has 0 radical (unpaired) electrons. The smallest absolute Gasteiger partial charge is 0.265 e.